The number of fused-ring (bicyclic) bond motifs is 1. The zero-order chi connectivity index (χ0) is 21.6. The van der Waals surface area contributed by atoms with Crippen molar-refractivity contribution in [3.63, 3.8) is 0 Å². The molecule has 31 heavy (non-hydrogen) atoms. The van der Waals surface area contributed by atoms with Gasteiger partial charge in [0.25, 0.3) is 11.8 Å². The third-order valence-electron chi connectivity index (χ3n) is 6.07. The number of hydrogen-bond acceptors (Lipinski definition) is 5. The van der Waals surface area contributed by atoms with Crippen LogP contribution in [0.3, 0.4) is 0 Å². The highest BCUT2D eigenvalue weighted by molar-refractivity contribution is 5.98. The summed E-state index contributed by atoms with van der Waals surface area (Å²) in [6, 6.07) is 11.6. The molecule has 2 amide bonds. The maximum atomic E-state index is 13.1. The molecule has 1 aromatic carbocycles. The quantitative estimate of drug-likeness (QED) is 0.679. The van der Waals surface area contributed by atoms with E-state index in [9.17, 15) is 9.59 Å². The van der Waals surface area contributed by atoms with Gasteiger partial charge < -0.3 is 20.0 Å². The first-order valence-electron chi connectivity index (χ1n) is 11.2. The van der Waals surface area contributed by atoms with E-state index < -0.39 is 0 Å². The second-order valence-corrected chi connectivity index (χ2v) is 8.46. The summed E-state index contributed by atoms with van der Waals surface area (Å²) in [7, 11) is 2.15. The van der Waals surface area contributed by atoms with E-state index >= 15 is 0 Å². The lowest BCUT2D eigenvalue weighted by Crippen LogP contribution is -2.45. The van der Waals surface area contributed by atoms with Gasteiger partial charge in [0, 0.05) is 58.4 Å². The molecule has 2 aliphatic rings. The molecule has 4 rings (SSSR count). The number of rotatable bonds is 7. The molecule has 0 saturated carbocycles. The number of aromatic nitrogens is 2. The molecule has 8 nitrogen and oxygen atoms in total. The third-order valence-corrected chi connectivity index (χ3v) is 6.07. The maximum absolute atomic E-state index is 13.1. The summed E-state index contributed by atoms with van der Waals surface area (Å²) < 4.78 is 1.69. The van der Waals surface area contributed by atoms with Crippen LogP contribution in [0.15, 0.2) is 36.4 Å². The second-order valence-electron chi connectivity index (χ2n) is 8.46. The van der Waals surface area contributed by atoms with Crippen LogP contribution in [0.2, 0.25) is 0 Å². The van der Waals surface area contributed by atoms with Gasteiger partial charge in [-0.3, -0.25) is 14.3 Å². The highest BCUT2D eigenvalue weighted by Gasteiger charge is 2.26. The van der Waals surface area contributed by atoms with Gasteiger partial charge in [0.1, 0.15) is 5.69 Å². The predicted octanol–water partition coefficient (Wildman–Crippen LogP) is 1.30. The Labute approximate surface area is 183 Å². The van der Waals surface area contributed by atoms with E-state index in [1.54, 1.807) is 10.7 Å². The van der Waals surface area contributed by atoms with Crippen LogP contribution in [-0.4, -0.2) is 89.2 Å². The smallest absolute Gasteiger partial charge is 0.272 e. The van der Waals surface area contributed by atoms with Crippen LogP contribution < -0.4 is 5.32 Å². The first kappa shape index (κ1) is 21.5. The summed E-state index contributed by atoms with van der Waals surface area (Å²) in [6.45, 7) is 7.86. The van der Waals surface area contributed by atoms with Crippen LogP contribution in [0, 0.1) is 0 Å². The van der Waals surface area contributed by atoms with Crippen molar-refractivity contribution < 1.29 is 9.59 Å². The minimum Gasteiger partial charge on any atom is -0.351 e. The SMILES string of the molecule is CN1CCN(CCCNC(=O)c2cc3n(n2)CCCN(Cc2ccccc2)C3=O)CC1. The zero-order valence-electron chi connectivity index (χ0n) is 18.3. The van der Waals surface area contributed by atoms with Crippen LogP contribution >= 0.6 is 0 Å². The fourth-order valence-electron chi connectivity index (χ4n) is 4.17. The molecule has 1 fully saturated rings. The van der Waals surface area contributed by atoms with Gasteiger partial charge in [-0.15, -0.1) is 0 Å². The number of carbonyl (C=O) groups excluding carboxylic acids is 2. The van der Waals surface area contributed by atoms with Crippen molar-refractivity contribution >= 4 is 11.8 Å². The lowest BCUT2D eigenvalue weighted by molar-refractivity contribution is 0.0745. The summed E-state index contributed by atoms with van der Waals surface area (Å²) in [5.41, 5.74) is 1.92. The monoisotopic (exact) mass is 424 g/mol. The molecule has 0 radical (unpaired) electrons. The number of nitrogens with one attached hydrogen (secondary N) is 1. The zero-order valence-corrected chi connectivity index (χ0v) is 18.3. The Balaban J connectivity index is 1.30. The van der Waals surface area contributed by atoms with Crippen molar-refractivity contribution in [1.82, 2.24) is 29.8 Å². The molecule has 1 aromatic heterocycles. The maximum Gasteiger partial charge on any atom is 0.272 e. The fraction of sp³-hybridized carbons (Fsp3) is 0.522. The van der Waals surface area contributed by atoms with Crippen LogP contribution in [-0.2, 0) is 13.1 Å². The van der Waals surface area contributed by atoms with Gasteiger partial charge in [-0.2, -0.15) is 5.10 Å². The molecule has 8 heteroatoms. The Bertz CT molecular complexity index is 889. The van der Waals surface area contributed by atoms with E-state index in [2.05, 4.69) is 27.3 Å². The van der Waals surface area contributed by atoms with Crippen molar-refractivity contribution in [2.75, 3.05) is 52.9 Å². The predicted molar refractivity (Wildman–Crippen MR) is 119 cm³/mol. The first-order chi connectivity index (χ1) is 15.1. The first-order valence-corrected chi connectivity index (χ1v) is 11.2. The van der Waals surface area contributed by atoms with Gasteiger partial charge in [0.15, 0.2) is 5.69 Å². The molecule has 3 heterocycles. The summed E-state index contributed by atoms with van der Waals surface area (Å²) in [4.78, 5) is 32.3. The summed E-state index contributed by atoms with van der Waals surface area (Å²) in [5.74, 6) is -0.274. The van der Waals surface area contributed by atoms with Gasteiger partial charge in [0.05, 0.1) is 0 Å². The molecule has 0 atom stereocenters. The number of aryl methyl sites for hydroxylation is 1. The topological polar surface area (TPSA) is 73.7 Å². The molecule has 166 valence electrons. The number of hydrogen-bond donors (Lipinski definition) is 1. The number of benzene rings is 1. The average molecular weight is 425 g/mol. The molecular formula is C23H32N6O2. The fourth-order valence-corrected chi connectivity index (χ4v) is 4.17. The number of amides is 2. The lowest BCUT2D eigenvalue weighted by Gasteiger charge is -2.32. The van der Waals surface area contributed by atoms with Gasteiger partial charge in [-0.25, -0.2) is 0 Å². The highest BCUT2D eigenvalue weighted by atomic mass is 16.2. The minimum absolute atomic E-state index is 0.0667. The van der Waals surface area contributed by atoms with Crippen LogP contribution in [0.4, 0.5) is 0 Å². The van der Waals surface area contributed by atoms with Gasteiger partial charge in [-0.1, -0.05) is 30.3 Å². The van der Waals surface area contributed by atoms with Crippen LogP contribution in [0.1, 0.15) is 39.4 Å². The minimum atomic E-state index is -0.207. The Morgan fingerprint density at radius 1 is 1.06 bits per heavy atom. The molecule has 1 N–H and O–H groups in total. The van der Waals surface area contributed by atoms with E-state index in [0.717, 1.165) is 51.1 Å². The molecule has 0 unspecified atom stereocenters. The number of piperazine rings is 1. The van der Waals surface area contributed by atoms with Crippen molar-refractivity contribution in [2.45, 2.75) is 25.9 Å². The highest BCUT2D eigenvalue weighted by Crippen LogP contribution is 2.16. The molecule has 1 saturated heterocycles. The van der Waals surface area contributed by atoms with Crippen molar-refractivity contribution in [1.29, 1.82) is 0 Å². The van der Waals surface area contributed by atoms with Crippen molar-refractivity contribution in [2.24, 2.45) is 0 Å². The van der Waals surface area contributed by atoms with E-state index in [0.29, 0.717) is 37.6 Å². The van der Waals surface area contributed by atoms with Gasteiger partial charge >= 0.3 is 0 Å². The number of carbonyl (C=O) groups is 2. The van der Waals surface area contributed by atoms with Crippen LogP contribution in [0.5, 0.6) is 0 Å². The third kappa shape index (κ3) is 5.51. The van der Waals surface area contributed by atoms with Gasteiger partial charge in [-0.05, 0) is 32.0 Å². The number of likely N-dealkylation sites (N-methyl/N-ethyl adjacent to an activating group) is 1. The van der Waals surface area contributed by atoms with E-state index in [1.165, 1.54) is 0 Å². The molecule has 2 aliphatic heterocycles. The van der Waals surface area contributed by atoms with Crippen LogP contribution in [0.25, 0.3) is 0 Å². The molecule has 0 bridgehead atoms. The summed E-state index contributed by atoms with van der Waals surface area (Å²) in [6.07, 6.45) is 1.73. The largest absolute Gasteiger partial charge is 0.351 e. The van der Waals surface area contributed by atoms with Crippen molar-refractivity contribution in [3.8, 4) is 0 Å². The van der Waals surface area contributed by atoms with Gasteiger partial charge in [0.2, 0.25) is 0 Å². The Morgan fingerprint density at radius 3 is 2.61 bits per heavy atom. The summed E-state index contributed by atoms with van der Waals surface area (Å²) in [5, 5.41) is 7.38. The normalized spacial score (nSPS) is 18.0. The van der Waals surface area contributed by atoms with Crippen molar-refractivity contribution in [3.05, 3.63) is 53.3 Å². The average Bonchev–Trinajstić information content (AvgIpc) is 3.16. The molecule has 0 spiro atoms. The lowest BCUT2D eigenvalue weighted by atomic mass is 10.2. The summed E-state index contributed by atoms with van der Waals surface area (Å²) >= 11 is 0. The Hall–Kier alpha value is -2.71. The number of nitrogens with zero attached hydrogens (tertiary/aromatic N) is 5. The Morgan fingerprint density at radius 2 is 1.84 bits per heavy atom. The molecular weight excluding hydrogens is 392 g/mol. The molecule has 2 aromatic rings. The second kappa shape index (κ2) is 10.1. The van der Waals surface area contributed by atoms with E-state index in [-0.39, 0.29) is 11.8 Å². The van der Waals surface area contributed by atoms with E-state index in [1.807, 2.05) is 35.2 Å². The standard InChI is InChI=1S/C23H32N6O2/c1-26-13-15-27(16-14-26)10-5-9-24-22(30)20-17-21-23(31)28(11-6-12-29(21)25-20)18-19-7-3-2-4-8-19/h2-4,7-8,17H,5-6,9-16,18H2,1H3,(H,24,30). The van der Waals surface area contributed by atoms with E-state index in [4.69, 9.17) is 0 Å². The molecule has 0 aliphatic carbocycles. The Kier molecular flexibility index (Phi) is 6.99.